The third-order valence-electron chi connectivity index (χ3n) is 1.64. The van der Waals surface area contributed by atoms with Gasteiger partial charge in [-0.05, 0) is 13.8 Å². The molecule has 0 unspecified atom stereocenters. The topological polar surface area (TPSA) is 79.4 Å². The molecule has 0 aliphatic heterocycles. The van der Waals surface area contributed by atoms with Crippen LogP contribution in [0, 0.1) is 13.8 Å². The number of anilines is 2. The number of hydrogen-bond donors (Lipinski definition) is 2. The lowest BCUT2D eigenvalue weighted by Crippen LogP contribution is -1.99. The molecule has 0 aromatic carbocycles. The van der Waals surface area contributed by atoms with Crippen LogP contribution in [0.2, 0.25) is 0 Å². The van der Waals surface area contributed by atoms with E-state index < -0.39 is 0 Å². The summed E-state index contributed by atoms with van der Waals surface area (Å²) in [5.74, 6) is 1.88. The highest BCUT2D eigenvalue weighted by Gasteiger charge is 2.00. The molecule has 2 aromatic rings. The standard InChI is InChI=1S/C8H10N6/c1-5-3-7(14-13-5)12-8-10-4-9-6(2)11-8/h3-4H,1-2H3,(H2,9,10,11,12,13,14). The summed E-state index contributed by atoms with van der Waals surface area (Å²) in [6, 6.07) is 1.87. The van der Waals surface area contributed by atoms with Crippen molar-refractivity contribution in [2.45, 2.75) is 13.8 Å². The fourth-order valence-electron chi connectivity index (χ4n) is 1.03. The van der Waals surface area contributed by atoms with Gasteiger partial charge in [-0.25, -0.2) is 9.97 Å². The van der Waals surface area contributed by atoms with Gasteiger partial charge >= 0.3 is 0 Å². The smallest absolute Gasteiger partial charge is 0.231 e. The van der Waals surface area contributed by atoms with Crippen LogP contribution in [0.5, 0.6) is 0 Å². The second-order valence-corrected chi connectivity index (χ2v) is 2.92. The fraction of sp³-hybridized carbons (Fsp3) is 0.250. The quantitative estimate of drug-likeness (QED) is 0.737. The van der Waals surface area contributed by atoms with Crippen LogP contribution in [-0.4, -0.2) is 25.1 Å². The number of nitrogens with one attached hydrogen (secondary N) is 2. The maximum atomic E-state index is 4.09. The number of nitrogens with zero attached hydrogens (tertiary/aromatic N) is 4. The lowest BCUT2D eigenvalue weighted by Gasteiger charge is -1.99. The van der Waals surface area contributed by atoms with Gasteiger partial charge in [-0.15, -0.1) is 0 Å². The fourth-order valence-corrected chi connectivity index (χ4v) is 1.03. The van der Waals surface area contributed by atoms with Crippen LogP contribution in [0.1, 0.15) is 11.5 Å². The zero-order valence-electron chi connectivity index (χ0n) is 7.94. The van der Waals surface area contributed by atoms with Gasteiger partial charge in [0, 0.05) is 11.8 Å². The van der Waals surface area contributed by atoms with E-state index in [4.69, 9.17) is 0 Å². The maximum absolute atomic E-state index is 4.09. The summed E-state index contributed by atoms with van der Waals surface area (Å²) in [6.07, 6.45) is 1.46. The predicted octanol–water partition coefficient (Wildman–Crippen LogP) is 0.955. The molecule has 0 saturated carbocycles. The van der Waals surface area contributed by atoms with Crippen LogP contribution in [0.15, 0.2) is 12.4 Å². The first-order valence-electron chi connectivity index (χ1n) is 4.19. The molecule has 0 amide bonds. The van der Waals surface area contributed by atoms with Crippen molar-refractivity contribution < 1.29 is 0 Å². The lowest BCUT2D eigenvalue weighted by atomic mass is 10.5. The van der Waals surface area contributed by atoms with Crippen molar-refractivity contribution in [3.63, 3.8) is 0 Å². The Kier molecular flexibility index (Phi) is 2.10. The van der Waals surface area contributed by atoms with E-state index in [2.05, 4.69) is 30.5 Å². The van der Waals surface area contributed by atoms with E-state index in [-0.39, 0.29) is 0 Å². The first-order valence-corrected chi connectivity index (χ1v) is 4.19. The van der Waals surface area contributed by atoms with Crippen molar-refractivity contribution in [3.05, 3.63) is 23.9 Å². The largest absolute Gasteiger partial charge is 0.307 e. The summed E-state index contributed by atoms with van der Waals surface area (Å²) in [5.41, 5.74) is 0.985. The molecule has 2 N–H and O–H groups in total. The summed E-state index contributed by atoms with van der Waals surface area (Å²) in [6.45, 7) is 3.74. The summed E-state index contributed by atoms with van der Waals surface area (Å²) < 4.78 is 0. The molecule has 0 bridgehead atoms. The van der Waals surface area contributed by atoms with Gasteiger partial charge in [-0.3, -0.25) is 5.10 Å². The monoisotopic (exact) mass is 190 g/mol. The summed E-state index contributed by atoms with van der Waals surface area (Å²) in [4.78, 5) is 11.9. The average molecular weight is 190 g/mol. The highest BCUT2D eigenvalue weighted by Crippen LogP contribution is 2.09. The highest BCUT2D eigenvalue weighted by atomic mass is 15.2. The van der Waals surface area contributed by atoms with Gasteiger partial charge in [0.15, 0.2) is 5.82 Å². The molecule has 0 fully saturated rings. The van der Waals surface area contributed by atoms with Crippen molar-refractivity contribution in [1.29, 1.82) is 0 Å². The number of aromatic nitrogens is 5. The third kappa shape index (κ3) is 1.85. The molecule has 2 heterocycles. The van der Waals surface area contributed by atoms with Crippen LogP contribution in [0.25, 0.3) is 0 Å². The molecular weight excluding hydrogens is 180 g/mol. The van der Waals surface area contributed by atoms with Gasteiger partial charge in [-0.2, -0.15) is 10.1 Å². The van der Waals surface area contributed by atoms with Gasteiger partial charge in [0.25, 0.3) is 0 Å². The van der Waals surface area contributed by atoms with E-state index in [0.717, 1.165) is 5.69 Å². The Morgan fingerprint density at radius 1 is 1.29 bits per heavy atom. The second kappa shape index (κ2) is 3.41. The molecule has 0 aliphatic rings. The summed E-state index contributed by atoms with van der Waals surface area (Å²) >= 11 is 0. The van der Waals surface area contributed by atoms with Crippen molar-refractivity contribution in [3.8, 4) is 0 Å². The first kappa shape index (κ1) is 8.61. The number of aromatic amines is 1. The Balaban J connectivity index is 2.18. The Morgan fingerprint density at radius 3 is 2.79 bits per heavy atom. The van der Waals surface area contributed by atoms with Crippen molar-refractivity contribution in [2.24, 2.45) is 0 Å². The van der Waals surface area contributed by atoms with Crippen LogP contribution in [-0.2, 0) is 0 Å². The second-order valence-electron chi connectivity index (χ2n) is 2.92. The van der Waals surface area contributed by atoms with Crippen LogP contribution < -0.4 is 5.32 Å². The van der Waals surface area contributed by atoms with Gasteiger partial charge in [0.1, 0.15) is 12.2 Å². The highest BCUT2D eigenvalue weighted by molar-refractivity contribution is 5.47. The van der Waals surface area contributed by atoms with Crippen LogP contribution in [0.3, 0.4) is 0 Å². The summed E-state index contributed by atoms with van der Waals surface area (Å²) in [5, 5.41) is 9.78. The Bertz CT molecular complexity index is 435. The molecule has 14 heavy (non-hydrogen) atoms. The Hall–Kier alpha value is -1.98. The van der Waals surface area contributed by atoms with E-state index in [9.17, 15) is 0 Å². The van der Waals surface area contributed by atoms with E-state index >= 15 is 0 Å². The molecule has 0 saturated heterocycles. The van der Waals surface area contributed by atoms with E-state index in [1.165, 1.54) is 6.33 Å². The van der Waals surface area contributed by atoms with Crippen molar-refractivity contribution in [1.82, 2.24) is 25.1 Å². The first-order chi connectivity index (χ1) is 6.74. The lowest BCUT2D eigenvalue weighted by molar-refractivity contribution is 0.975. The predicted molar refractivity (Wildman–Crippen MR) is 51.2 cm³/mol. The SMILES string of the molecule is Cc1ncnc(Nc2cc(C)[nH]n2)n1. The third-order valence-corrected chi connectivity index (χ3v) is 1.64. The Labute approximate surface area is 80.8 Å². The zero-order valence-corrected chi connectivity index (χ0v) is 7.94. The number of aryl methyl sites for hydroxylation is 2. The van der Waals surface area contributed by atoms with Crippen LogP contribution >= 0.6 is 0 Å². The summed E-state index contributed by atoms with van der Waals surface area (Å²) in [7, 11) is 0. The van der Waals surface area contributed by atoms with Crippen LogP contribution in [0.4, 0.5) is 11.8 Å². The van der Waals surface area contributed by atoms with E-state index in [1.807, 2.05) is 19.9 Å². The normalized spacial score (nSPS) is 10.1. The van der Waals surface area contributed by atoms with E-state index in [1.54, 1.807) is 0 Å². The van der Waals surface area contributed by atoms with E-state index in [0.29, 0.717) is 17.6 Å². The molecule has 0 aliphatic carbocycles. The zero-order chi connectivity index (χ0) is 9.97. The minimum Gasteiger partial charge on any atom is -0.307 e. The maximum Gasteiger partial charge on any atom is 0.231 e. The molecule has 2 rings (SSSR count). The van der Waals surface area contributed by atoms with Gasteiger partial charge in [0.2, 0.25) is 5.95 Å². The molecule has 0 spiro atoms. The number of H-pyrrole nitrogens is 1. The average Bonchev–Trinajstić information content (AvgIpc) is 2.51. The minimum atomic E-state index is 0.504. The van der Waals surface area contributed by atoms with Crippen molar-refractivity contribution in [2.75, 3.05) is 5.32 Å². The molecule has 6 heteroatoms. The molecule has 72 valence electrons. The molecule has 0 radical (unpaired) electrons. The van der Waals surface area contributed by atoms with Crippen molar-refractivity contribution >= 4 is 11.8 Å². The minimum absolute atomic E-state index is 0.504. The molecule has 0 atom stereocenters. The van der Waals surface area contributed by atoms with Gasteiger partial charge in [-0.1, -0.05) is 0 Å². The van der Waals surface area contributed by atoms with Gasteiger partial charge < -0.3 is 5.32 Å². The molecule has 6 nitrogen and oxygen atoms in total. The Morgan fingerprint density at radius 2 is 2.14 bits per heavy atom. The molecule has 2 aromatic heterocycles. The number of rotatable bonds is 2. The molecular formula is C8H10N6. The van der Waals surface area contributed by atoms with Gasteiger partial charge in [0.05, 0.1) is 0 Å². The number of hydrogen-bond acceptors (Lipinski definition) is 5.